The van der Waals surface area contributed by atoms with Gasteiger partial charge in [-0.25, -0.2) is 4.39 Å². The van der Waals surface area contributed by atoms with Crippen LogP contribution in [-0.4, -0.2) is 11.7 Å². The molecule has 0 aliphatic carbocycles. The fraction of sp³-hybridized carbons (Fsp3) is 0.0435. The molecule has 1 heterocycles. The normalized spacial score (nSPS) is 10.9. The summed E-state index contributed by atoms with van der Waals surface area (Å²) < 4.78 is 18.8. The molecule has 4 rings (SSSR count). The standard InChI is InChI=1S/C23H15ClFNO3/c1-13-19-12-18(26-23(28)15-4-8-17(25)9-5-15)10-11-20(19)29-22(13)21(27)14-2-6-16(24)7-3-14/h2-12H,1H3,(H,26,28). The molecular weight excluding hydrogens is 393 g/mol. The Balaban J connectivity index is 1.63. The van der Waals surface area contributed by atoms with E-state index in [1.807, 2.05) is 0 Å². The van der Waals surface area contributed by atoms with Crippen molar-refractivity contribution < 1.29 is 18.4 Å². The Morgan fingerprint density at radius 1 is 0.931 bits per heavy atom. The van der Waals surface area contributed by atoms with E-state index < -0.39 is 5.82 Å². The first-order valence-corrected chi connectivity index (χ1v) is 9.20. The molecule has 0 saturated carbocycles. The average Bonchev–Trinajstić information content (AvgIpc) is 3.05. The number of amides is 1. The summed E-state index contributed by atoms with van der Waals surface area (Å²) in [5.41, 5.74) is 2.58. The lowest BCUT2D eigenvalue weighted by molar-refractivity contribution is 0.101. The summed E-state index contributed by atoms with van der Waals surface area (Å²) in [4.78, 5) is 25.1. The Labute approximate surface area is 170 Å². The molecule has 29 heavy (non-hydrogen) atoms. The Bertz CT molecular complexity index is 1230. The van der Waals surface area contributed by atoms with Gasteiger partial charge in [0.25, 0.3) is 5.91 Å². The summed E-state index contributed by atoms with van der Waals surface area (Å²) in [5.74, 6) is -0.769. The molecule has 0 spiro atoms. The van der Waals surface area contributed by atoms with Gasteiger partial charge in [-0.1, -0.05) is 11.6 Å². The predicted octanol–water partition coefficient (Wildman–Crippen LogP) is 6.02. The van der Waals surface area contributed by atoms with E-state index in [1.54, 1.807) is 49.4 Å². The Morgan fingerprint density at radius 2 is 1.59 bits per heavy atom. The Hall–Kier alpha value is -3.44. The van der Waals surface area contributed by atoms with Crippen LogP contribution in [0.5, 0.6) is 0 Å². The molecule has 0 radical (unpaired) electrons. The lowest BCUT2D eigenvalue weighted by Crippen LogP contribution is -2.11. The number of fused-ring (bicyclic) bond motifs is 1. The summed E-state index contributed by atoms with van der Waals surface area (Å²) in [7, 11) is 0. The van der Waals surface area contributed by atoms with Crippen LogP contribution in [0.3, 0.4) is 0 Å². The molecule has 0 saturated heterocycles. The van der Waals surface area contributed by atoms with Crippen LogP contribution in [0.1, 0.15) is 32.0 Å². The smallest absolute Gasteiger partial charge is 0.255 e. The number of anilines is 1. The highest BCUT2D eigenvalue weighted by Gasteiger charge is 2.20. The molecule has 0 aliphatic heterocycles. The summed E-state index contributed by atoms with van der Waals surface area (Å²) in [6, 6.07) is 17.0. The molecule has 4 nitrogen and oxygen atoms in total. The zero-order valence-corrected chi connectivity index (χ0v) is 16.1. The van der Waals surface area contributed by atoms with Gasteiger partial charge >= 0.3 is 0 Å². The van der Waals surface area contributed by atoms with Gasteiger partial charge in [0.2, 0.25) is 5.78 Å². The molecule has 0 atom stereocenters. The van der Waals surface area contributed by atoms with Crippen LogP contribution in [0.25, 0.3) is 11.0 Å². The quantitative estimate of drug-likeness (QED) is 0.421. The van der Waals surface area contributed by atoms with Crippen molar-refractivity contribution in [2.75, 3.05) is 5.32 Å². The first kappa shape index (κ1) is 18.9. The number of hydrogen-bond acceptors (Lipinski definition) is 3. The maximum Gasteiger partial charge on any atom is 0.255 e. The summed E-state index contributed by atoms with van der Waals surface area (Å²) in [6.45, 7) is 1.79. The van der Waals surface area contributed by atoms with Gasteiger partial charge in [0.05, 0.1) is 0 Å². The highest BCUT2D eigenvalue weighted by Crippen LogP contribution is 2.30. The maximum atomic E-state index is 13.0. The first-order valence-electron chi connectivity index (χ1n) is 8.83. The number of aryl methyl sites for hydroxylation is 1. The van der Waals surface area contributed by atoms with Gasteiger partial charge in [0.1, 0.15) is 11.4 Å². The van der Waals surface area contributed by atoms with Crippen molar-refractivity contribution >= 4 is 39.9 Å². The molecule has 3 aromatic carbocycles. The number of rotatable bonds is 4. The number of benzene rings is 3. The van der Waals surface area contributed by atoms with Gasteiger partial charge in [-0.3, -0.25) is 9.59 Å². The van der Waals surface area contributed by atoms with Gasteiger partial charge in [-0.15, -0.1) is 0 Å². The third-order valence-corrected chi connectivity index (χ3v) is 4.87. The fourth-order valence-electron chi connectivity index (χ4n) is 3.05. The number of nitrogens with one attached hydrogen (secondary N) is 1. The highest BCUT2D eigenvalue weighted by atomic mass is 35.5. The Kier molecular flexibility index (Phi) is 4.91. The number of halogens is 2. The number of hydrogen-bond donors (Lipinski definition) is 1. The lowest BCUT2D eigenvalue weighted by atomic mass is 10.0. The number of ketones is 1. The molecule has 0 aliphatic rings. The van der Waals surface area contributed by atoms with Crippen LogP contribution in [0.2, 0.25) is 5.02 Å². The summed E-state index contributed by atoms with van der Waals surface area (Å²) in [6.07, 6.45) is 0. The predicted molar refractivity (Wildman–Crippen MR) is 110 cm³/mol. The van der Waals surface area contributed by atoms with E-state index in [4.69, 9.17) is 16.0 Å². The topological polar surface area (TPSA) is 59.3 Å². The zero-order valence-electron chi connectivity index (χ0n) is 15.3. The van der Waals surface area contributed by atoms with Crippen LogP contribution in [0, 0.1) is 12.7 Å². The number of furan rings is 1. The van der Waals surface area contributed by atoms with Crippen molar-refractivity contribution in [3.05, 3.63) is 100 Å². The van der Waals surface area contributed by atoms with Crippen LogP contribution < -0.4 is 5.32 Å². The second kappa shape index (κ2) is 7.53. The monoisotopic (exact) mass is 407 g/mol. The molecule has 6 heteroatoms. The third-order valence-electron chi connectivity index (χ3n) is 4.61. The molecule has 144 valence electrons. The third kappa shape index (κ3) is 3.77. The minimum atomic E-state index is -0.408. The van der Waals surface area contributed by atoms with E-state index in [0.717, 1.165) is 5.39 Å². The van der Waals surface area contributed by atoms with Crippen molar-refractivity contribution in [3.63, 3.8) is 0 Å². The molecule has 0 unspecified atom stereocenters. The van der Waals surface area contributed by atoms with Crippen LogP contribution >= 0.6 is 11.6 Å². The van der Waals surface area contributed by atoms with E-state index in [0.29, 0.717) is 33.0 Å². The summed E-state index contributed by atoms with van der Waals surface area (Å²) in [5, 5.41) is 4.04. The van der Waals surface area contributed by atoms with Gasteiger partial charge < -0.3 is 9.73 Å². The molecule has 0 fully saturated rings. The van der Waals surface area contributed by atoms with Crippen molar-refractivity contribution in [2.24, 2.45) is 0 Å². The number of carbonyl (C=O) groups is 2. The largest absolute Gasteiger partial charge is 0.452 e. The second-order valence-electron chi connectivity index (χ2n) is 6.56. The minimum Gasteiger partial charge on any atom is -0.452 e. The van der Waals surface area contributed by atoms with E-state index in [1.165, 1.54) is 24.3 Å². The van der Waals surface area contributed by atoms with Gasteiger partial charge in [0.15, 0.2) is 5.76 Å². The molecule has 1 amide bonds. The molecule has 0 bridgehead atoms. The number of carbonyl (C=O) groups excluding carboxylic acids is 2. The molecule has 1 N–H and O–H groups in total. The fourth-order valence-corrected chi connectivity index (χ4v) is 3.18. The second-order valence-corrected chi connectivity index (χ2v) is 7.00. The van der Waals surface area contributed by atoms with Crippen molar-refractivity contribution in [2.45, 2.75) is 6.92 Å². The molecule has 4 aromatic rings. The van der Waals surface area contributed by atoms with Crippen molar-refractivity contribution in [1.29, 1.82) is 0 Å². The highest BCUT2D eigenvalue weighted by molar-refractivity contribution is 6.30. The van der Waals surface area contributed by atoms with Crippen LogP contribution in [-0.2, 0) is 0 Å². The SMILES string of the molecule is Cc1c(C(=O)c2ccc(Cl)cc2)oc2ccc(NC(=O)c3ccc(F)cc3)cc12. The van der Waals surface area contributed by atoms with Crippen LogP contribution in [0.15, 0.2) is 71.1 Å². The summed E-state index contributed by atoms with van der Waals surface area (Å²) >= 11 is 5.88. The van der Waals surface area contributed by atoms with Gasteiger partial charge in [-0.2, -0.15) is 0 Å². The first-order chi connectivity index (χ1) is 13.9. The maximum absolute atomic E-state index is 13.0. The van der Waals surface area contributed by atoms with E-state index in [-0.39, 0.29) is 17.5 Å². The minimum absolute atomic E-state index is 0.240. The zero-order chi connectivity index (χ0) is 20.5. The Morgan fingerprint density at radius 3 is 2.28 bits per heavy atom. The van der Waals surface area contributed by atoms with Crippen molar-refractivity contribution in [3.8, 4) is 0 Å². The molecular formula is C23H15ClFNO3. The van der Waals surface area contributed by atoms with E-state index in [9.17, 15) is 14.0 Å². The van der Waals surface area contributed by atoms with Gasteiger partial charge in [-0.05, 0) is 73.7 Å². The van der Waals surface area contributed by atoms with Crippen molar-refractivity contribution in [1.82, 2.24) is 0 Å². The van der Waals surface area contributed by atoms with Crippen LogP contribution in [0.4, 0.5) is 10.1 Å². The van der Waals surface area contributed by atoms with E-state index in [2.05, 4.69) is 5.32 Å². The van der Waals surface area contributed by atoms with E-state index >= 15 is 0 Å². The van der Waals surface area contributed by atoms with Gasteiger partial charge in [0, 0.05) is 32.8 Å². The molecule has 1 aromatic heterocycles. The lowest BCUT2D eigenvalue weighted by Gasteiger charge is -2.05. The average molecular weight is 408 g/mol.